The largest absolute Gasteiger partial charge is 0.382 e. The highest BCUT2D eigenvalue weighted by molar-refractivity contribution is 7.73. The molecular formula is C29H29ClF2N8O2S2. The SMILES string of the molecule is O=c1c2sc(=S)n(-c3ccc(Cl)cc3)c2ncn1CCCN1CCN(CC(O)(Cn2cncn2)c2ccc(F)cc2F)CC1. The topological polar surface area (TPSA) is 97.2 Å². The first-order chi connectivity index (χ1) is 21.2. The van der Waals surface area contributed by atoms with Crippen LogP contribution in [-0.2, 0) is 18.7 Å². The van der Waals surface area contributed by atoms with Crippen molar-refractivity contribution in [2.45, 2.75) is 25.1 Å². The van der Waals surface area contributed by atoms with Crippen LogP contribution in [0.1, 0.15) is 12.0 Å². The van der Waals surface area contributed by atoms with Crippen molar-refractivity contribution < 1.29 is 13.9 Å². The molecule has 0 spiro atoms. The van der Waals surface area contributed by atoms with Crippen LogP contribution in [-0.4, -0.2) is 83.1 Å². The third-order valence-corrected chi connectivity index (χ3v) is 9.40. The Morgan fingerprint density at radius 3 is 2.45 bits per heavy atom. The number of β-amino-alcohol motifs (C(OH)–C–C–N with tert-alkyl or cyclic N) is 1. The van der Waals surface area contributed by atoms with Gasteiger partial charge < -0.3 is 10.0 Å². The van der Waals surface area contributed by atoms with Gasteiger partial charge in [-0.25, -0.2) is 23.4 Å². The summed E-state index contributed by atoms with van der Waals surface area (Å²) in [6, 6.07) is 10.4. The molecule has 0 bridgehead atoms. The average Bonchev–Trinajstić information content (AvgIpc) is 3.63. The van der Waals surface area contributed by atoms with Gasteiger partial charge in [0.05, 0.1) is 12.9 Å². The summed E-state index contributed by atoms with van der Waals surface area (Å²) in [6.07, 6.45) is 5.11. The van der Waals surface area contributed by atoms with Crippen LogP contribution in [0.4, 0.5) is 8.78 Å². The van der Waals surface area contributed by atoms with E-state index in [1.54, 1.807) is 27.6 Å². The van der Waals surface area contributed by atoms with Gasteiger partial charge in [-0.2, -0.15) is 5.10 Å². The highest BCUT2D eigenvalue weighted by Crippen LogP contribution is 2.28. The molecule has 4 heterocycles. The monoisotopic (exact) mass is 658 g/mol. The van der Waals surface area contributed by atoms with Crippen LogP contribution < -0.4 is 5.56 Å². The second-order valence-corrected chi connectivity index (χ2v) is 12.9. The molecule has 1 fully saturated rings. The van der Waals surface area contributed by atoms with Crippen LogP contribution in [0.2, 0.25) is 5.02 Å². The third kappa shape index (κ3) is 6.50. The minimum absolute atomic E-state index is 0.0143. The van der Waals surface area contributed by atoms with E-state index in [0.29, 0.717) is 39.0 Å². The molecule has 0 saturated carbocycles. The molecule has 0 amide bonds. The van der Waals surface area contributed by atoms with Gasteiger partial charge in [-0.05, 0) is 55.5 Å². The van der Waals surface area contributed by atoms with Crippen LogP contribution in [0.25, 0.3) is 16.0 Å². The first-order valence-electron chi connectivity index (χ1n) is 14.0. The molecule has 1 aliphatic heterocycles. The summed E-state index contributed by atoms with van der Waals surface area (Å²) in [5.41, 5.74) is -0.416. The van der Waals surface area contributed by atoms with Gasteiger partial charge in [-0.3, -0.25) is 18.8 Å². The zero-order valence-corrected chi connectivity index (χ0v) is 25.9. The molecule has 1 saturated heterocycles. The molecule has 3 aromatic heterocycles. The first kappa shape index (κ1) is 30.6. The van der Waals surface area contributed by atoms with Gasteiger partial charge in [0.2, 0.25) is 0 Å². The van der Waals surface area contributed by atoms with Gasteiger partial charge in [0.15, 0.2) is 9.60 Å². The van der Waals surface area contributed by atoms with Gasteiger partial charge >= 0.3 is 0 Å². The number of aryl methyl sites for hydroxylation is 1. The fourth-order valence-electron chi connectivity index (χ4n) is 5.58. The maximum atomic E-state index is 14.8. The number of thiazole rings is 1. The molecule has 1 atom stereocenters. The summed E-state index contributed by atoms with van der Waals surface area (Å²) >= 11 is 12.8. The van der Waals surface area contributed by atoms with Gasteiger partial charge in [0.25, 0.3) is 5.56 Å². The van der Waals surface area contributed by atoms with E-state index in [4.69, 9.17) is 23.8 Å². The number of hydrogen-bond donors (Lipinski definition) is 1. The molecule has 44 heavy (non-hydrogen) atoms. The first-order valence-corrected chi connectivity index (χ1v) is 15.6. The Morgan fingerprint density at radius 1 is 1.00 bits per heavy atom. The molecule has 6 rings (SSSR count). The van der Waals surface area contributed by atoms with Crippen LogP contribution >= 0.6 is 35.2 Å². The van der Waals surface area contributed by atoms with E-state index >= 15 is 0 Å². The van der Waals surface area contributed by atoms with Crippen LogP contribution in [0.5, 0.6) is 0 Å². The molecule has 15 heteroatoms. The Balaban J connectivity index is 1.07. The van der Waals surface area contributed by atoms with Crippen molar-refractivity contribution in [2.75, 3.05) is 39.3 Å². The average molecular weight is 659 g/mol. The van der Waals surface area contributed by atoms with Gasteiger partial charge in [-0.15, -0.1) is 0 Å². The molecule has 5 aromatic rings. The Hall–Kier alpha value is -3.40. The number of aromatic nitrogens is 6. The smallest absolute Gasteiger partial charge is 0.272 e. The summed E-state index contributed by atoms with van der Waals surface area (Å²) < 4.78 is 34.3. The van der Waals surface area contributed by atoms with E-state index in [1.165, 1.54) is 34.7 Å². The molecule has 0 radical (unpaired) electrons. The molecule has 230 valence electrons. The van der Waals surface area contributed by atoms with Gasteiger partial charge in [-0.1, -0.05) is 29.0 Å². The lowest BCUT2D eigenvalue weighted by Crippen LogP contribution is -2.52. The molecule has 1 N–H and O–H groups in total. The number of piperazine rings is 1. The van der Waals surface area contributed by atoms with Crippen LogP contribution in [0, 0.1) is 15.6 Å². The molecule has 10 nitrogen and oxygen atoms in total. The van der Waals surface area contributed by atoms with Crippen LogP contribution in [0.3, 0.4) is 0 Å². The van der Waals surface area contributed by atoms with E-state index in [9.17, 15) is 18.7 Å². The van der Waals surface area contributed by atoms with Crippen molar-refractivity contribution in [1.82, 2.24) is 38.7 Å². The van der Waals surface area contributed by atoms with Crippen molar-refractivity contribution in [3.63, 3.8) is 0 Å². The lowest BCUT2D eigenvalue weighted by atomic mass is 9.92. The molecular weight excluding hydrogens is 630 g/mol. The Kier molecular flexibility index (Phi) is 8.98. The quantitative estimate of drug-likeness (QED) is 0.224. The normalized spacial score (nSPS) is 16.0. The van der Waals surface area contributed by atoms with Gasteiger partial charge in [0.1, 0.15) is 34.6 Å². The lowest BCUT2D eigenvalue weighted by Gasteiger charge is -2.39. The molecule has 2 aromatic carbocycles. The minimum atomic E-state index is -1.64. The predicted molar refractivity (Wildman–Crippen MR) is 167 cm³/mol. The number of aliphatic hydroxyl groups is 1. The maximum absolute atomic E-state index is 14.8. The standard InChI is InChI=1S/C29H29ClF2N8O2S2/c30-20-2-5-22(6-3-20)40-26-25(44-28(40)43)27(41)38(19-34-26)9-1-8-36-10-12-37(13-11-36)15-29(42,16-39-18-33-17-35-39)23-7-4-21(31)14-24(23)32/h2-7,14,17-19,42H,1,8-13,15-16H2. The summed E-state index contributed by atoms with van der Waals surface area (Å²) in [7, 11) is 0. The number of hydrogen-bond acceptors (Lipinski definition) is 9. The predicted octanol–water partition coefficient (Wildman–Crippen LogP) is 4.10. The number of fused-ring (bicyclic) bond motifs is 1. The Bertz CT molecular complexity index is 1870. The van der Waals surface area contributed by atoms with Crippen molar-refractivity contribution in [1.29, 1.82) is 0 Å². The Labute approximate surface area is 265 Å². The maximum Gasteiger partial charge on any atom is 0.272 e. The van der Waals surface area contributed by atoms with Crippen molar-refractivity contribution in [2.24, 2.45) is 0 Å². The van der Waals surface area contributed by atoms with E-state index in [1.807, 2.05) is 12.1 Å². The van der Waals surface area contributed by atoms with E-state index in [2.05, 4.69) is 24.9 Å². The third-order valence-electron chi connectivity index (χ3n) is 7.79. The fourth-order valence-corrected chi connectivity index (χ4v) is 7.05. The summed E-state index contributed by atoms with van der Waals surface area (Å²) in [5.74, 6) is -1.51. The molecule has 0 aliphatic carbocycles. The summed E-state index contributed by atoms with van der Waals surface area (Å²) in [5, 5.41) is 16.3. The van der Waals surface area contributed by atoms with Crippen molar-refractivity contribution in [3.8, 4) is 5.69 Å². The van der Waals surface area contributed by atoms with Crippen molar-refractivity contribution >= 4 is 45.5 Å². The van der Waals surface area contributed by atoms with Crippen molar-refractivity contribution in [3.05, 3.63) is 98.0 Å². The molecule has 1 unspecified atom stereocenters. The lowest BCUT2D eigenvalue weighted by molar-refractivity contribution is -0.0319. The summed E-state index contributed by atoms with van der Waals surface area (Å²) in [6.45, 7) is 4.18. The summed E-state index contributed by atoms with van der Waals surface area (Å²) in [4.78, 5) is 26.1. The number of nitrogens with zero attached hydrogens (tertiary/aromatic N) is 8. The van der Waals surface area contributed by atoms with E-state index in [0.717, 1.165) is 43.9 Å². The van der Waals surface area contributed by atoms with E-state index in [-0.39, 0.29) is 24.2 Å². The number of benzene rings is 2. The number of halogens is 3. The van der Waals surface area contributed by atoms with Gasteiger partial charge in [0, 0.05) is 61.6 Å². The highest BCUT2D eigenvalue weighted by atomic mass is 35.5. The van der Waals surface area contributed by atoms with E-state index < -0.39 is 17.2 Å². The highest BCUT2D eigenvalue weighted by Gasteiger charge is 2.36. The zero-order chi connectivity index (χ0) is 30.8. The zero-order valence-electron chi connectivity index (χ0n) is 23.5. The second-order valence-electron chi connectivity index (χ2n) is 10.8. The second kappa shape index (κ2) is 12.9. The minimum Gasteiger partial charge on any atom is -0.382 e. The van der Waals surface area contributed by atoms with Crippen LogP contribution in [0.15, 0.2) is 66.2 Å². The number of rotatable bonds is 10. The fraction of sp³-hybridized carbons (Fsp3) is 0.345. The Morgan fingerprint density at radius 2 is 1.75 bits per heavy atom. The molecule has 1 aliphatic rings.